The summed E-state index contributed by atoms with van der Waals surface area (Å²) in [5.74, 6) is -0.740. The van der Waals surface area contributed by atoms with Gasteiger partial charge in [0.25, 0.3) is 5.91 Å². The van der Waals surface area contributed by atoms with E-state index in [9.17, 15) is 19.7 Å². The quantitative estimate of drug-likeness (QED) is 0.548. The molecule has 1 aromatic heterocycles. The molecule has 8 nitrogen and oxygen atoms in total. The molecular formula is C20H23N3O5S. The van der Waals surface area contributed by atoms with E-state index in [0.717, 1.165) is 35.3 Å². The van der Waals surface area contributed by atoms with Crippen LogP contribution >= 0.6 is 11.3 Å². The van der Waals surface area contributed by atoms with Gasteiger partial charge in [-0.2, -0.15) is 0 Å². The summed E-state index contributed by atoms with van der Waals surface area (Å²) in [6, 6.07) is 6.88. The van der Waals surface area contributed by atoms with Gasteiger partial charge in [-0.3, -0.25) is 19.7 Å². The van der Waals surface area contributed by atoms with Crippen molar-refractivity contribution in [2.45, 2.75) is 32.8 Å². The third kappa shape index (κ3) is 5.18. The lowest BCUT2D eigenvalue weighted by Crippen LogP contribution is -2.42. The molecule has 1 fully saturated rings. The fraction of sp³-hybridized carbons (Fsp3) is 0.400. The Labute approximate surface area is 172 Å². The molecule has 1 aliphatic heterocycles. The molecule has 2 amide bonds. The van der Waals surface area contributed by atoms with Gasteiger partial charge in [-0.05, 0) is 43.9 Å². The Hall–Kier alpha value is -2.78. The molecule has 1 aliphatic rings. The maximum atomic E-state index is 13.0. The monoisotopic (exact) mass is 417 g/mol. The third-order valence-corrected chi connectivity index (χ3v) is 5.84. The van der Waals surface area contributed by atoms with E-state index in [1.54, 1.807) is 0 Å². The first kappa shape index (κ1) is 20.9. The first-order valence-electron chi connectivity index (χ1n) is 9.35. The fourth-order valence-corrected chi connectivity index (χ4v) is 3.92. The number of nitrogens with one attached hydrogen (secondary N) is 1. The summed E-state index contributed by atoms with van der Waals surface area (Å²) in [6.45, 7) is 4.62. The van der Waals surface area contributed by atoms with E-state index < -0.39 is 10.8 Å². The van der Waals surface area contributed by atoms with Crippen LogP contribution < -0.4 is 5.32 Å². The van der Waals surface area contributed by atoms with Crippen LogP contribution in [0, 0.1) is 24.0 Å². The molecule has 2 heterocycles. The number of benzene rings is 1. The SMILES string of the molecule is Cc1cccc(NC(=O)CN(CC2CCCO2)C(=O)c2csc([N+](=O)[O-])c2)c1C. The fourth-order valence-electron chi connectivity index (χ4n) is 3.22. The third-order valence-electron chi connectivity index (χ3n) is 4.96. The molecule has 29 heavy (non-hydrogen) atoms. The van der Waals surface area contributed by atoms with Crippen LogP contribution in [0.2, 0.25) is 0 Å². The summed E-state index contributed by atoms with van der Waals surface area (Å²) in [5.41, 5.74) is 2.93. The van der Waals surface area contributed by atoms with E-state index in [0.29, 0.717) is 12.3 Å². The van der Waals surface area contributed by atoms with Gasteiger partial charge in [0.15, 0.2) is 0 Å². The lowest BCUT2D eigenvalue weighted by molar-refractivity contribution is -0.380. The highest BCUT2D eigenvalue weighted by molar-refractivity contribution is 7.13. The van der Waals surface area contributed by atoms with Crippen molar-refractivity contribution in [2.75, 3.05) is 25.0 Å². The molecule has 1 unspecified atom stereocenters. The minimum atomic E-state index is -0.529. The van der Waals surface area contributed by atoms with Gasteiger partial charge in [0.2, 0.25) is 5.91 Å². The highest BCUT2D eigenvalue weighted by atomic mass is 32.1. The number of thiophene rings is 1. The molecule has 1 N–H and O–H groups in total. The number of carbonyl (C=O) groups is 2. The molecule has 154 valence electrons. The highest BCUT2D eigenvalue weighted by Gasteiger charge is 2.27. The first-order chi connectivity index (χ1) is 13.8. The summed E-state index contributed by atoms with van der Waals surface area (Å²) in [7, 11) is 0. The van der Waals surface area contributed by atoms with Crippen molar-refractivity contribution in [1.29, 1.82) is 0 Å². The number of nitrogens with zero attached hydrogens (tertiary/aromatic N) is 2. The number of amides is 2. The van der Waals surface area contributed by atoms with Gasteiger partial charge in [-0.25, -0.2) is 0 Å². The Balaban J connectivity index is 1.75. The van der Waals surface area contributed by atoms with Crippen LogP contribution in [0.15, 0.2) is 29.6 Å². The van der Waals surface area contributed by atoms with Crippen LogP contribution in [-0.2, 0) is 9.53 Å². The van der Waals surface area contributed by atoms with Crippen LogP contribution in [0.5, 0.6) is 0 Å². The molecule has 1 atom stereocenters. The molecule has 0 aliphatic carbocycles. The van der Waals surface area contributed by atoms with E-state index in [1.165, 1.54) is 16.3 Å². The minimum absolute atomic E-state index is 0.106. The Morgan fingerprint density at radius 1 is 1.38 bits per heavy atom. The summed E-state index contributed by atoms with van der Waals surface area (Å²) in [5, 5.41) is 15.1. The van der Waals surface area contributed by atoms with Gasteiger partial charge in [-0.15, -0.1) is 0 Å². The second kappa shape index (κ2) is 9.15. The van der Waals surface area contributed by atoms with Gasteiger partial charge >= 0.3 is 5.00 Å². The van der Waals surface area contributed by atoms with E-state index >= 15 is 0 Å². The van der Waals surface area contributed by atoms with Crippen LogP contribution in [0.1, 0.15) is 34.3 Å². The van der Waals surface area contributed by atoms with E-state index in [4.69, 9.17) is 4.74 Å². The maximum absolute atomic E-state index is 13.0. The van der Waals surface area contributed by atoms with Crippen molar-refractivity contribution in [3.05, 3.63) is 56.5 Å². The molecular weight excluding hydrogens is 394 g/mol. The summed E-state index contributed by atoms with van der Waals surface area (Å²) in [6.07, 6.45) is 1.58. The van der Waals surface area contributed by atoms with Crippen LogP contribution in [0.3, 0.4) is 0 Å². The molecule has 0 spiro atoms. The number of nitro groups is 1. The zero-order chi connectivity index (χ0) is 21.0. The number of aryl methyl sites for hydroxylation is 1. The van der Waals surface area contributed by atoms with Crippen molar-refractivity contribution in [3.8, 4) is 0 Å². The van der Waals surface area contributed by atoms with Crippen LogP contribution in [-0.4, -0.2) is 47.4 Å². The van der Waals surface area contributed by atoms with Gasteiger partial charge in [0, 0.05) is 30.3 Å². The average molecular weight is 417 g/mol. The van der Waals surface area contributed by atoms with Crippen LogP contribution in [0.4, 0.5) is 10.7 Å². The van der Waals surface area contributed by atoms with Crippen LogP contribution in [0.25, 0.3) is 0 Å². The lowest BCUT2D eigenvalue weighted by Gasteiger charge is -2.25. The van der Waals surface area contributed by atoms with Gasteiger partial charge < -0.3 is 15.0 Å². The predicted octanol–water partition coefficient (Wildman–Crippen LogP) is 3.53. The molecule has 0 saturated carbocycles. The van der Waals surface area contributed by atoms with Gasteiger partial charge in [0.05, 0.1) is 16.6 Å². The maximum Gasteiger partial charge on any atom is 0.324 e. The Bertz CT molecular complexity index is 921. The number of hydrogen-bond acceptors (Lipinski definition) is 6. The summed E-state index contributed by atoms with van der Waals surface area (Å²) in [4.78, 5) is 37.4. The Kier molecular flexibility index (Phi) is 6.60. The smallest absolute Gasteiger partial charge is 0.324 e. The van der Waals surface area contributed by atoms with Crippen molar-refractivity contribution in [1.82, 2.24) is 4.90 Å². The molecule has 0 bridgehead atoms. The van der Waals surface area contributed by atoms with Crippen molar-refractivity contribution >= 4 is 33.8 Å². The molecule has 0 radical (unpaired) electrons. The second-order valence-corrected chi connectivity index (χ2v) is 7.94. The molecule has 1 aromatic carbocycles. The molecule has 3 rings (SSSR count). The molecule has 2 aromatic rings. The lowest BCUT2D eigenvalue weighted by atomic mass is 10.1. The van der Waals surface area contributed by atoms with Gasteiger partial charge in [0.1, 0.15) is 6.54 Å². The zero-order valence-electron chi connectivity index (χ0n) is 16.3. The second-order valence-electron chi connectivity index (χ2n) is 7.05. The van der Waals surface area contributed by atoms with E-state index in [2.05, 4.69) is 5.32 Å². The van der Waals surface area contributed by atoms with Crippen molar-refractivity contribution in [3.63, 3.8) is 0 Å². The number of ether oxygens (including phenoxy) is 1. The highest BCUT2D eigenvalue weighted by Crippen LogP contribution is 2.24. The van der Waals surface area contributed by atoms with Gasteiger partial charge in [-0.1, -0.05) is 23.5 Å². The minimum Gasteiger partial charge on any atom is -0.376 e. The standard InChI is InChI=1S/C20H23N3O5S/c1-13-5-3-7-17(14(13)2)21-18(24)11-22(10-16-6-4-8-28-16)20(25)15-9-19(23(26)27)29-12-15/h3,5,7,9,12,16H,4,6,8,10-11H2,1-2H3,(H,21,24). The number of hydrogen-bond donors (Lipinski definition) is 1. The largest absolute Gasteiger partial charge is 0.376 e. The Morgan fingerprint density at radius 3 is 2.83 bits per heavy atom. The number of anilines is 1. The van der Waals surface area contributed by atoms with Crippen molar-refractivity contribution in [2.24, 2.45) is 0 Å². The predicted molar refractivity (Wildman–Crippen MR) is 110 cm³/mol. The summed E-state index contributed by atoms with van der Waals surface area (Å²) < 4.78 is 5.62. The summed E-state index contributed by atoms with van der Waals surface area (Å²) >= 11 is 0.893. The number of carbonyl (C=O) groups excluding carboxylic acids is 2. The molecule has 9 heteroatoms. The average Bonchev–Trinajstić information content (AvgIpc) is 3.36. The Morgan fingerprint density at radius 2 is 2.17 bits per heavy atom. The zero-order valence-corrected chi connectivity index (χ0v) is 17.2. The normalized spacial score (nSPS) is 15.9. The van der Waals surface area contributed by atoms with E-state index in [1.807, 2.05) is 32.0 Å². The topological polar surface area (TPSA) is 102 Å². The first-order valence-corrected chi connectivity index (χ1v) is 10.2. The number of rotatable bonds is 7. The van der Waals surface area contributed by atoms with Crippen molar-refractivity contribution < 1.29 is 19.2 Å². The van der Waals surface area contributed by atoms with E-state index in [-0.39, 0.29) is 35.7 Å². The molecule has 1 saturated heterocycles.